The Kier molecular flexibility index (Phi) is 4.07. The van der Waals surface area contributed by atoms with Crippen LogP contribution >= 0.6 is 23.4 Å². The number of nitrogens with one attached hydrogen (secondary N) is 2. The minimum atomic E-state index is -0.289. The molecule has 0 bridgehead atoms. The minimum absolute atomic E-state index is 0.0233. The molecule has 1 saturated heterocycles. The fraction of sp³-hybridized carbons (Fsp3) is 0.286. The zero-order valence-electron chi connectivity index (χ0n) is 11.2. The van der Waals surface area contributed by atoms with Gasteiger partial charge in [0.25, 0.3) is 5.91 Å². The number of halogens is 1. The van der Waals surface area contributed by atoms with Gasteiger partial charge >= 0.3 is 0 Å². The molecule has 7 heteroatoms. The number of nitrogens with zero attached hydrogens (tertiary/aromatic N) is 1. The number of aromatic amines is 1. The molecular weight excluding hydrogens is 310 g/mol. The van der Waals surface area contributed by atoms with Crippen molar-refractivity contribution in [3.05, 3.63) is 35.0 Å². The second-order valence-corrected chi connectivity index (χ2v) is 6.30. The minimum Gasteiger partial charge on any atom is -0.351 e. The maximum atomic E-state index is 12.1. The molecular formula is C14H14ClN3O2S. The maximum absolute atomic E-state index is 12.1. The van der Waals surface area contributed by atoms with Crippen LogP contribution in [0.25, 0.3) is 10.9 Å². The molecule has 1 aliphatic heterocycles. The largest absolute Gasteiger partial charge is 0.351 e. The van der Waals surface area contributed by atoms with Crippen molar-refractivity contribution in [1.82, 2.24) is 15.2 Å². The lowest BCUT2D eigenvalue weighted by molar-refractivity contribution is -0.128. The van der Waals surface area contributed by atoms with Crippen molar-refractivity contribution in [3.63, 3.8) is 0 Å². The predicted octanol–water partition coefficient (Wildman–Crippen LogP) is 2.08. The van der Waals surface area contributed by atoms with Crippen LogP contribution in [0.15, 0.2) is 24.3 Å². The number of aromatic nitrogens is 1. The normalized spacial score (nSPS) is 14.6. The number of amides is 2. The molecule has 0 unspecified atom stereocenters. The van der Waals surface area contributed by atoms with Crippen LogP contribution in [0.2, 0.25) is 5.02 Å². The fourth-order valence-electron chi connectivity index (χ4n) is 2.20. The van der Waals surface area contributed by atoms with Crippen LogP contribution in [-0.2, 0) is 4.79 Å². The Morgan fingerprint density at radius 3 is 3.00 bits per heavy atom. The van der Waals surface area contributed by atoms with Gasteiger partial charge in [-0.05, 0) is 24.3 Å². The summed E-state index contributed by atoms with van der Waals surface area (Å²) < 4.78 is 0. The standard InChI is InChI=1S/C14H14ClN3O2S/c15-10-1-2-11-9(5-10)6-12(17-11)14(20)16-7-13(19)18-3-4-21-8-18/h1-2,5-6,17H,3-4,7-8H2,(H,16,20). The summed E-state index contributed by atoms with van der Waals surface area (Å²) in [6, 6.07) is 7.10. The summed E-state index contributed by atoms with van der Waals surface area (Å²) in [5.74, 6) is 1.33. The number of thioether (sulfide) groups is 1. The van der Waals surface area contributed by atoms with E-state index in [9.17, 15) is 9.59 Å². The third-order valence-electron chi connectivity index (χ3n) is 3.33. The van der Waals surface area contributed by atoms with E-state index < -0.39 is 0 Å². The number of hydrogen-bond acceptors (Lipinski definition) is 3. The van der Waals surface area contributed by atoms with Crippen molar-refractivity contribution in [1.29, 1.82) is 0 Å². The number of carbonyl (C=O) groups excluding carboxylic acids is 2. The van der Waals surface area contributed by atoms with Crippen molar-refractivity contribution in [2.45, 2.75) is 0 Å². The van der Waals surface area contributed by atoms with Crippen LogP contribution in [0.1, 0.15) is 10.5 Å². The fourth-order valence-corrected chi connectivity index (χ4v) is 3.35. The first-order chi connectivity index (χ1) is 10.1. The highest BCUT2D eigenvalue weighted by molar-refractivity contribution is 7.99. The summed E-state index contributed by atoms with van der Waals surface area (Å²) in [5.41, 5.74) is 1.27. The van der Waals surface area contributed by atoms with E-state index in [1.54, 1.807) is 34.9 Å². The molecule has 0 atom stereocenters. The Morgan fingerprint density at radius 2 is 2.24 bits per heavy atom. The van der Waals surface area contributed by atoms with E-state index in [1.807, 2.05) is 6.07 Å². The molecule has 21 heavy (non-hydrogen) atoms. The number of benzene rings is 1. The second kappa shape index (κ2) is 5.99. The lowest BCUT2D eigenvalue weighted by atomic mass is 10.2. The molecule has 1 aromatic carbocycles. The van der Waals surface area contributed by atoms with E-state index in [1.165, 1.54) is 0 Å². The van der Waals surface area contributed by atoms with Crippen molar-refractivity contribution in [2.24, 2.45) is 0 Å². The number of carbonyl (C=O) groups is 2. The number of H-pyrrole nitrogens is 1. The van der Waals surface area contributed by atoms with Crippen LogP contribution in [0.3, 0.4) is 0 Å². The SMILES string of the molecule is O=C(NCC(=O)N1CCSC1)c1cc2cc(Cl)ccc2[nH]1. The Morgan fingerprint density at radius 1 is 1.38 bits per heavy atom. The first kappa shape index (κ1) is 14.3. The second-order valence-electron chi connectivity index (χ2n) is 4.79. The maximum Gasteiger partial charge on any atom is 0.268 e. The molecule has 5 nitrogen and oxygen atoms in total. The van der Waals surface area contributed by atoms with Crippen LogP contribution in [0, 0.1) is 0 Å². The zero-order chi connectivity index (χ0) is 14.8. The highest BCUT2D eigenvalue weighted by atomic mass is 35.5. The monoisotopic (exact) mass is 323 g/mol. The quantitative estimate of drug-likeness (QED) is 0.909. The lowest BCUT2D eigenvalue weighted by Gasteiger charge is -2.14. The molecule has 1 aliphatic rings. The van der Waals surface area contributed by atoms with Crippen LogP contribution in [-0.4, -0.2) is 46.4 Å². The molecule has 2 heterocycles. The van der Waals surface area contributed by atoms with Gasteiger partial charge in [0.15, 0.2) is 0 Å². The molecule has 2 N–H and O–H groups in total. The first-order valence-corrected chi connectivity index (χ1v) is 8.09. The van der Waals surface area contributed by atoms with E-state index in [4.69, 9.17) is 11.6 Å². The molecule has 1 aromatic heterocycles. The van der Waals surface area contributed by atoms with Gasteiger partial charge in [0.1, 0.15) is 5.69 Å². The van der Waals surface area contributed by atoms with Gasteiger partial charge in [-0.15, -0.1) is 11.8 Å². The summed E-state index contributed by atoms with van der Waals surface area (Å²) in [7, 11) is 0. The van der Waals surface area contributed by atoms with E-state index in [0.717, 1.165) is 23.2 Å². The van der Waals surface area contributed by atoms with Gasteiger partial charge in [-0.1, -0.05) is 11.6 Å². The summed E-state index contributed by atoms with van der Waals surface area (Å²) in [6.07, 6.45) is 0. The lowest BCUT2D eigenvalue weighted by Crippen LogP contribution is -2.38. The smallest absolute Gasteiger partial charge is 0.268 e. The molecule has 2 amide bonds. The van der Waals surface area contributed by atoms with Gasteiger partial charge in [-0.25, -0.2) is 0 Å². The van der Waals surface area contributed by atoms with Gasteiger partial charge in [0, 0.05) is 28.2 Å². The molecule has 0 saturated carbocycles. The van der Waals surface area contributed by atoms with Crippen molar-refractivity contribution < 1.29 is 9.59 Å². The van der Waals surface area contributed by atoms with E-state index in [-0.39, 0.29) is 18.4 Å². The highest BCUT2D eigenvalue weighted by Crippen LogP contribution is 2.20. The van der Waals surface area contributed by atoms with E-state index >= 15 is 0 Å². The molecule has 1 fully saturated rings. The Balaban J connectivity index is 1.65. The van der Waals surface area contributed by atoms with Crippen molar-refractivity contribution in [3.8, 4) is 0 Å². The number of hydrogen-bond donors (Lipinski definition) is 2. The molecule has 110 valence electrons. The number of rotatable bonds is 3. The summed E-state index contributed by atoms with van der Waals surface area (Å²) in [5, 5.41) is 4.14. The summed E-state index contributed by atoms with van der Waals surface area (Å²) in [4.78, 5) is 28.7. The van der Waals surface area contributed by atoms with E-state index in [0.29, 0.717) is 16.6 Å². The van der Waals surface area contributed by atoms with Crippen LogP contribution < -0.4 is 5.32 Å². The average molecular weight is 324 g/mol. The van der Waals surface area contributed by atoms with Crippen LogP contribution in [0.4, 0.5) is 0 Å². The summed E-state index contributed by atoms with van der Waals surface area (Å²) >= 11 is 7.64. The van der Waals surface area contributed by atoms with Gasteiger partial charge < -0.3 is 15.2 Å². The highest BCUT2D eigenvalue weighted by Gasteiger charge is 2.19. The van der Waals surface area contributed by atoms with Gasteiger partial charge in [0.05, 0.1) is 12.4 Å². The van der Waals surface area contributed by atoms with Crippen molar-refractivity contribution in [2.75, 3.05) is 24.7 Å². The molecule has 2 aromatic rings. The summed E-state index contributed by atoms with van der Waals surface area (Å²) in [6.45, 7) is 0.778. The third kappa shape index (κ3) is 3.16. The predicted molar refractivity (Wildman–Crippen MR) is 84.7 cm³/mol. The van der Waals surface area contributed by atoms with Gasteiger partial charge in [0.2, 0.25) is 5.91 Å². The van der Waals surface area contributed by atoms with Crippen molar-refractivity contribution >= 4 is 46.1 Å². The van der Waals surface area contributed by atoms with Gasteiger partial charge in [-0.3, -0.25) is 9.59 Å². The number of fused-ring (bicyclic) bond motifs is 1. The third-order valence-corrected chi connectivity index (χ3v) is 4.53. The molecule has 0 radical (unpaired) electrons. The average Bonchev–Trinajstić information content (AvgIpc) is 3.12. The Labute approximate surface area is 131 Å². The topological polar surface area (TPSA) is 65.2 Å². The molecule has 3 rings (SSSR count). The van der Waals surface area contributed by atoms with Crippen LogP contribution in [0.5, 0.6) is 0 Å². The van der Waals surface area contributed by atoms with E-state index in [2.05, 4.69) is 10.3 Å². The first-order valence-electron chi connectivity index (χ1n) is 6.55. The van der Waals surface area contributed by atoms with Gasteiger partial charge in [-0.2, -0.15) is 0 Å². The molecule has 0 spiro atoms. The Bertz CT molecular complexity index is 695. The molecule has 0 aliphatic carbocycles. The Hall–Kier alpha value is -1.66. The zero-order valence-corrected chi connectivity index (χ0v) is 12.8.